The Balaban J connectivity index is 1.84. The molecule has 1 aliphatic rings. The summed E-state index contributed by atoms with van der Waals surface area (Å²) in [7, 11) is 0. The molecule has 0 spiro atoms. The number of carbonyl (C=O) groups excluding carboxylic acids is 2. The molecular formula is C34H62O6. The van der Waals surface area contributed by atoms with Crippen molar-refractivity contribution >= 4 is 11.9 Å². The summed E-state index contributed by atoms with van der Waals surface area (Å²) in [6.45, 7) is 4.23. The normalized spacial score (nSPS) is 17.3. The van der Waals surface area contributed by atoms with Crippen LogP contribution in [0.3, 0.4) is 0 Å². The van der Waals surface area contributed by atoms with Gasteiger partial charge in [0.1, 0.15) is 19.3 Å². The molecule has 0 aromatic heterocycles. The Morgan fingerprint density at radius 3 is 1.68 bits per heavy atom. The van der Waals surface area contributed by atoms with Gasteiger partial charge < -0.3 is 19.3 Å². The van der Waals surface area contributed by atoms with Crippen LogP contribution in [0.1, 0.15) is 162 Å². The van der Waals surface area contributed by atoms with E-state index in [9.17, 15) is 14.7 Å². The number of aliphatic hydroxyl groups excluding tert-OH is 1. The molecule has 40 heavy (non-hydrogen) atoms. The van der Waals surface area contributed by atoms with E-state index in [0.717, 1.165) is 57.8 Å². The molecule has 234 valence electrons. The van der Waals surface area contributed by atoms with Crippen molar-refractivity contribution in [3.8, 4) is 0 Å². The Kier molecular flexibility index (Phi) is 24.3. The molecule has 0 aromatic rings. The smallest absolute Gasteiger partial charge is 0.305 e. The first-order valence-corrected chi connectivity index (χ1v) is 16.9. The number of allylic oxidation sites excluding steroid dienone is 1. The number of hydrogen-bond donors (Lipinski definition) is 1. The van der Waals surface area contributed by atoms with E-state index in [1.807, 2.05) is 0 Å². The van der Waals surface area contributed by atoms with Crippen molar-refractivity contribution in [2.75, 3.05) is 13.2 Å². The van der Waals surface area contributed by atoms with E-state index >= 15 is 0 Å². The lowest BCUT2D eigenvalue weighted by Crippen LogP contribution is -2.25. The highest BCUT2D eigenvalue weighted by atomic mass is 16.6. The maximum absolute atomic E-state index is 11.9. The number of unbranched alkanes of at least 4 members (excludes halogenated alkanes) is 16. The van der Waals surface area contributed by atoms with Gasteiger partial charge in [0.25, 0.3) is 0 Å². The maximum Gasteiger partial charge on any atom is 0.305 e. The van der Waals surface area contributed by atoms with E-state index in [4.69, 9.17) is 14.2 Å². The van der Waals surface area contributed by atoms with Crippen molar-refractivity contribution in [1.29, 1.82) is 0 Å². The van der Waals surface area contributed by atoms with Crippen molar-refractivity contribution in [1.82, 2.24) is 0 Å². The molecule has 1 heterocycles. The number of carbonyl (C=O) groups is 2. The van der Waals surface area contributed by atoms with Gasteiger partial charge in [-0.25, -0.2) is 0 Å². The average molecular weight is 567 g/mol. The van der Waals surface area contributed by atoms with Crippen LogP contribution in [0.5, 0.6) is 0 Å². The molecule has 0 bridgehead atoms. The molecule has 0 radical (unpaired) electrons. The lowest BCUT2D eigenvalue weighted by atomic mass is 10.1. The van der Waals surface area contributed by atoms with Gasteiger partial charge in [-0.05, 0) is 38.5 Å². The van der Waals surface area contributed by atoms with E-state index in [0.29, 0.717) is 25.0 Å². The molecule has 3 atom stereocenters. The third-order valence-corrected chi connectivity index (χ3v) is 7.67. The highest BCUT2D eigenvalue weighted by Gasteiger charge is 2.36. The van der Waals surface area contributed by atoms with Crippen LogP contribution in [-0.2, 0) is 23.8 Å². The van der Waals surface area contributed by atoms with Gasteiger partial charge in [0.15, 0.2) is 0 Å². The van der Waals surface area contributed by atoms with Crippen LogP contribution in [0, 0.1) is 0 Å². The molecule has 1 fully saturated rings. The molecule has 0 aliphatic carbocycles. The quantitative estimate of drug-likeness (QED) is 0.0421. The summed E-state index contributed by atoms with van der Waals surface area (Å²) >= 11 is 0. The van der Waals surface area contributed by atoms with E-state index in [1.54, 1.807) is 0 Å². The van der Waals surface area contributed by atoms with E-state index in [-0.39, 0.29) is 25.2 Å². The number of rotatable bonds is 29. The maximum atomic E-state index is 11.9. The second-order valence-electron chi connectivity index (χ2n) is 11.7. The molecule has 1 N–H and O–H groups in total. The minimum atomic E-state index is -0.967. The predicted molar refractivity (Wildman–Crippen MR) is 163 cm³/mol. The second kappa shape index (κ2) is 26.5. The Bertz CT molecular complexity index is 634. The van der Waals surface area contributed by atoms with Crippen LogP contribution in [0.25, 0.3) is 0 Å². The molecule has 1 saturated heterocycles. The molecule has 0 aromatic carbocycles. The van der Waals surface area contributed by atoms with Crippen molar-refractivity contribution in [2.45, 2.75) is 180 Å². The van der Waals surface area contributed by atoms with Crippen LogP contribution in [0.2, 0.25) is 0 Å². The minimum absolute atomic E-state index is 0.120. The number of esters is 2. The lowest BCUT2D eigenvalue weighted by molar-refractivity contribution is -0.152. The molecule has 1 rings (SSSR count). The van der Waals surface area contributed by atoms with E-state index in [2.05, 4.69) is 26.0 Å². The third kappa shape index (κ3) is 23.3. The third-order valence-electron chi connectivity index (χ3n) is 7.67. The number of epoxide rings is 1. The van der Waals surface area contributed by atoms with Crippen molar-refractivity contribution in [2.24, 2.45) is 0 Å². The van der Waals surface area contributed by atoms with Crippen LogP contribution in [0.15, 0.2) is 12.2 Å². The molecular weight excluding hydrogens is 504 g/mol. The van der Waals surface area contributed by atoms with Gasteiger partial charge in [0.05, 0.1) is 12.2 Å². The first-order chi connectivity index (χ1) is 19.6. The fourth-order valence-corrected chi connectivity index (χ4v) is 4.97. The Hall–Kier alpha value is -1.40. The first-order valence-electron chi connectivity index (χ1n) is 16.9. The van der Waals surface area contributed by atoms with Gasteiger partial charge in [-0.3, -0.25) is 9.59 Å². The van der Waals surface area contributed by atoms with Gasteiger partial charge in [-0.1, -0.05) is 122 Å². The fraction of sp³-hybridized carbons (Fsp3) is 0.882. The van der Waals surface area contributed by atoms with Crippen molar-refractivity contribution < 1.29 is 28.9 Å². The van der Waals surface area contributed by atoms with Gasteiger partial charge in [-0.15, -0.1) is 0 Å². The monoisotopic (exact) mass is 566 g/mol. The summed E-state index contributed by atoms with van der Waals surface area (Å²) in [5.74, 6) is -0.587. The molecule has 0 amide bonds. The molecule has 6 nitrogen and oxygen atoms in total. The van der Waals surface area contributed by atoms with Gasteiger partial charge in [0.2, 0.25) is 0 Å². The fourth-order valence-electron chi connectivity index (χ4n) is 4.97. The topological polar surface area (TPSA) is 85.4 Å². The van der Waals surface area contributed by atoms with Crippen molar-refractivity contribution in [3.05, 3.63) is 12.2 Å². The van der Waals surface area contributed by atoms with Crippen LogP contribution < -0.4 is 0 Å². The average Bonchev–Trinajstić information content (AvgIpc) is 3.71. The number of hydrogen-bond acceptors (Lipinski definition) is 6. The molecule has 1 aliphatic heterocycles. The van der Waals surface area contributed by atoms with E-state index in [1.165, 1.54) is 77.0 Å². The van der Waals surface area contributed by atoms with Crippen LogP contribution >= 0.6 is 0 Å². The van der Waals surface area contributed by atoms with Crippen LogP contribution in [-0.4, -0.2) is 48.6 Å². The standard InChI is InChI=1S/C34H62O6/c1-3-5-7-9-11-12-13-14-18-22-26-33(36)38-28-30(35)29-39-34(37)27-23-19-15-17-21-25-32-31(40-32)24-20-16-10-8-6-4-2/h16,20,30-32,35H,3-15,17-19,21-29H2,1-2H3/b20-16-/t30-,31?,32?/m1/s1. The Morgan fingerprint density at radius 1 is 0.650 bits per heavy atom. The number of aliphatic hydroxyl groups is 1. The van der Waals surface area contributed by atoms with Gasteiger partial charge >= 0.3 is 11.9 Å². The van der Waals surface area contributed by atoms with Gasteiger partial charge in [-0.2, -0.15) is 0 Å². The zero-order valence-electron chi connectivity index (χ0n) is 26.1. The zero-order chi connectivity index (χ0) is 29.1. The molecule has 2 unspecified atom stereocenters. The summed E-state index contributed by atoms with van der Waals surface area (Å²) in [4.78, 5) is 23.8. The minimum Gasteiger partial charge on any atom is -0.463 e. The summed E-state index contributed by atoms with van der Waals surface area (Å²) in [5, 5.41) is 9.95. The Labute approximate surface area is 246 Å². The summed E-state index contributed by atoms with van der Waals surface area (Å²) < 4.78 is 16.0. The number of ether oxygens (including phenoxy) is 3. The summed E-state index contributed by atoms with van der Waals surface area (Å²) in [5.41, 5.74) is 0. The predicted octanol–water partition coefficient (Wildman–Crippen LogP) is 8.77. The summed E-state index contributed by atoms with van der Waals surface area (Å²) in [6, 6.07) is 0. The van der Waals surface area contributed by atoms with Crippen molar-refractivity contribution in [3.63, 3.8) is 0 Å². The first kappa shape index (κ1) is 36.6. The SMILES string of the molecule is CCCCC/C=C\CC1OC1CCCCCCCC(=O)OC[C@H](O)COC(=O)CCCCCCCCCCCC. The second-order valence-corrected chi connectivity index (χ2v) is 11.7. The summed E-state index contributed by atoms with van der Waals surface area (Å²) in [6.07, 6.45) is 29.9. The highest BCUT2D eigenvalue weighted by Crippen LogP contribution is 2.30. The molecule has 6 heteroatoms. The van der Waals surface area contributed by atoms with Crippen LogP contribution in [0.4, 0.5) is 0 Å². The van der Waals surface area contributed by atoms with Gasteiger partial charge in [0, 0.05) is 12.8 Å². The lowest BCUT2D eigenvalue weighted by Gasteiger charge is -2.12. The van der Waals surface area contributed by atoms with E-state index < -0.39 is 6.10 Å². The molecule has 0 saturated carbocycles. The zero-order valence-corrected chi connectivity index (χ0v) is 26.1. The highest BCUT2D eigenvalue weighted by molar-refractivity contribution is 5.69. The Morgan fingerprint density at radius 2 is 1.12 bits per heavy atom. The largest absolute Gasteiger partial charge is 0.463 e.